The van der Waals surface area contributed by atoms with Crippen LogP contribution in [0.15, 0.2) is 48.5 Å². The van der Waals surface area contributed by atoms with Gasteiger partial charge in [-0.1, -0.05) is 24.3 Å². The Labute approximate surface area is 150 Å². The number of rotatable bonds is 9. The highest BCUT2D eigenvalue weighted by Gasteiger charge is 2.16. The Hall–Kier alpha value is -2.76. The summed E-state index contributed by atoms with van der Waals surface area (Å²) in [6, 6.07) is 11.5. The van der Waals surface area contributed by atoms with Crippen LogP contribution in [-0.2, 0) is 16.0 Å². The second-order valence-corrected chi connectivity index (χ2v) is 6.11. The van der Waals surface area contributed by atoms with Crippen molar-refractivity contribution in [2.45, 2.75) is 38.1 Å². The molecule has 0 radical (unpaired) electrons. The molecule has 2 aromatic carbocycles. The van der Waals surface area contributed by atoms with Crippen molar-refractivity contribution < 1.29 is 23.5 Å². The molecule has 0 heterocycles. The number of nitrogens with one attached hydrogen (secondary N) is 1. The van der Waals surface area contributed by atoms with Gasteiger partial charge in [0.2, 0.25) is 5.91 Å². The van der Waals surface area contributed by atoms with Crippen molar-refractivity contribution in [2.24, 2.45) is 0 Å². The van der Waals surface area contributed by atoms with Crippen LogP contribution in [0.2, 0.25) is 0 Å². The second-order valence-electron chi connectivity index (χ2n) is 6.11. The summed E-state index contributed by atoms with van der Waals surface area (Å²) in [6.07, 6.45) is 1.39. The number of carbonyl (C=O) groups excluding carboxylic acids is 1. The average Bonchev–Trinajstić information content (AvgIpc) is 2.58. The van der Waals surface area contributed by atoms with Gasteiger partial charge in [0.1, 0.15) is 11.6 Å². The number of benzene rings is 2. The molecular weight excluding hydrogens is 340 g/mol. The van der Waals surface area contributed by atoms with Crippen molar-refractivity contribution in [3.05, 3.63) is 71.3 Å². The van der Waals surface area contributed by atoms with Crippen LogP contribution in [-0.4, -0.2) is 17.0 Å². The first-order chi connectivity index (χ1) is 12.4. The molecule has 6 heteroatoms. The fraction of sp³-hybridized carbons (Fsp3) is 0.300. The molecule has 138 valence electrons. The van der Waals surface area contributed by atoms with Crippen molar-refractivity contribution in [3.8, 4) is 0 Å². The number of hydrogen-bond donors (Lipinski definition) is 2. The summed E-state index contributed by atoms with van der Waals surface area (Å²) < 4.78 is 27.0. The van der Waals surface area contributed by atoms with E-state index in [1.165, 1.54) is 24.3 Å². The van der Waals surface area contributed by atoms with Gasteiger partial charge >= 0.3 is 5.97 Å². The minimum Gasteiger partial charge on any atom is -0.481 e. The molecule has 1 atom stereocenters. The first kappa shape index (κ1) is 19.6. The van der Waals surface area contributed by atoms with Crippen LogP contribution in [0.3, 0.4) is 0 Å². The Balaban J connectivity index is 2.05. The van der Waals surface area contributed by atoms with Gasteiger partial charge in [0.05, 0.1) is 6.04 Å². The molecular formula is C20H21F2NO3. The van der Waals surface area contributed by atoms with E-state index in [9.17, 15) is 18.4 Å². The van der Waals surface area contributed by atoms with E-state index in [2.05, 4.69) is 5.32 Å². The fourth-order valence-corrected chi connectivity index (χ4v) is 2.70. The molecule has 2 N–H and O–H groups in total. The van der Waals surface area contributed by atoms with Crippen molar-refractivity contribution in [1.82, 2.24) is 5.32 Å². The van der Waals surface area contributed by atoms with E-state index < -0.39 is 17.8 Å². The molecule has 0 bridgehead atoms. The lowest BCUT2D eigenvalue weighted by Crippen LogP contribution is -2.30. The number of hydrogen-bond acceptors (Lipinski definition) is 2. The molecule has 1 unspecified atom stereocenters. The third-order valence-corrected chi connectivity index (χ3v) is 3.96. The van der Waals surface area contributed by atoms with Crippen LogP contribution >= 0.6 is 0 Å². The smallest absolute Gasteiger partial charge is 0.303 e. The number of carboxylic acids is 1. The van der Waals surface area contributed by atoms with Gasteiger partial charge in [0.25, 0.3) is 0 Å². The van der Waals surface area contributed by atoms with Gasteiger partial charge in [0.15, 0.2) is 0 Å². The highest BCUT2D eigenvalue weighted by Crippen LogP contribution is 2.20. The number of amides is 1. The molecule has 0 aromatic heterocycles. The van der Waals surface area contributed by atoms with Gasteiger partial charge in [-0.2, -0.15) is 0 Å². The van der Waals surface area contributed by atoms with E-state index in [0.29, 0.717) is 30.4 Å². The predicted octanol–water partition coefficient (Wildman–Crippen LogP) is 4.01. The largest absolute Gasteiger partial charge is 0.481 e. The van der Waals surface area contributed by atoms with Crippen LogP contribution in [0.25, 0.3) is 0 Å². The summed E-state index contributed by atoms with van der Waals surface area (Å²) in [5, 5.41) is 11.5. The van der Waals surface area contributed by atoms with E-state index in [-0.39, 0.29) is 24.6 Å². The summed E-state index contributed by atoms with van der Waals surface area (Å²) in [7, 11) is 0. The molecule has 0 aliphatic heterocycles. The van der Waals surface area contributed by atoms with Gasteiger partial charge in [-0.05, 0) is 54.7 Å². The minimum absolute atomic E-state index is 0.0178. The molecule has 2 aromatic rings. The normalized spacial score (nSPS) is 11.8. The van der Waals surface area contributed by atoms with Gasteiger partial charge in [-0.25, -0.2) is 8.78 Å². The lowest BCUT2D eigenvalue weighted by Gasteiger charge is -2.20. The summed E-state index contributed by atoms with van der Waals surface area (Å²) in [6.45, 7) is 0. The Kier molecular flexibility index (Phi) is 7.26. The maximum Gasteiger partial charge on any atom is 0.303 e. The SMILES string of the molecule is O=C(O)CCCCC(=O)NC(Cc1cccc(F)c1)c1cccc(F)c1. The predicted molar refractivity (Wildman–Crippen MR) is 93.5 cm³/mol. The third kappa shape index (κ3) is 6.63. The number of carboxylic acid groups (broad SMARTS) is 1. The van der Waals surface area contributed by atoms with Crippen LogP contribution in [0, 0.1) is 11.6 Å². The van der Waals surface area contributed by atoms with Crippen LogP contribution in [0.4, 0.5) is 8.78 Å². The number of carbonyl (C=O) groups is 2. The first-order valence-corrected chi connectivity index (χ1v) is 8.45. The lowest BCUT2D eigenvalue weighted by molar-refractivity contribution is -0.137. The third-order valence-electron chi connectivity index (χ3n) is 3.96. The average molecular weight is 361 g/mol. The van der Waals surface area contributed by atoms with Gasteiger partial charge in [0, 0.05) is 12.8 Å². The van der Waals surface area contributed by atoms with E-state index in [4.69, 9.17) is 5.11 Å². The maximum absolute atomic E-state index is 13.6. The molecule has 0 fully saturated rings. The van der Waals surface area contributed by atoms with Gasteiger partial charge in [-0.15, -0.1) is 0 Å². The summed E-state index contributed by atoms with van der Waals surface area (Å²) in [4.78, 5) is 22.7. The standard InChI is InChI=1S/C20H21F2NO3/c21-16-7-3-5-14(11-16)12-18(15-6-4-8-17(22)13-15)23-19(24)9-1-2-10-20(25)26/h3-8,11,13,18H,1-2,9-10,12H2,(H,23,24)(H,25,26). The second kappa shape index (κ2) is 9.65. The molecule has 0 aliphatic rings. The van der Waals surface area contributed by atoms with E-state index in [1.807, 2.05) is 0 Å². The molecule has 0 aliphatic carbocycles. The number of unbranched alkanes of at least 4 members (excludes halogenated alkanes) is 1. The maximum atomic E-state index is 13.6. The number of aliphatic carboxylic acids is 1. The highest BCUT2D eigenvalue weighted by molar-refractivity contribution is 5.76. The van der Waals surface area contributed by atoms with Gasteiger partial charge in [-0.3, -0.25) is 9.59 Å². The quantitative estimate of drug-likeness (QED) is 0.663. The molecule has 0 saturated heterocycles. The Morgan fingerprint density at radius 1 is 0.962 bits per heavy atom. The molecule has 0 spiro atoms. The Morgan fingerprint density at radius 2 is 1.62 bits per heavy atom. The molecule has 1 amide bonds. The summed E-state index contributed by atoms with van der Waals surface area (Å²) >= 11 is 0. The zero-order chi connectivity index (χ0) is 18.9. The van der Waals surface area contributed by atoms with Gasteiger partial charge < -0.3 is 10.4 Å². The number of halogens is 2. The zero-order valence-corrected chi connectivity index (χ0v) is 14.3. The topological polar surface area (TPSA) is 66.4 Å². The monoisotopic (exact) mass is 361 g/mol. The van der Waals surface area contributed by atoms with Crippen LogP contribution < -0.4 is 5.32 Å². The van der Waals surface area contributed by atoms with Crippen molar-refractivity contribution in [2.75, 3.05) is 0 Å². The first-order valence-electron chi connectivity index (χ1n) is 8.45. The van der Waals surface area contributed by atoms with Crippen molar-refractivity contribution in [3.63, 3.8) is 0 Å². The Bertz CT molecular complexity index is 764. The summed E-state index contributed by atoms with van der Waals surface area (Å²) in [5.74, 6) is -1.93. The van der Waals surface area contributed by atoms with E-state index in [0.717, 1.165) is 0 Å². The summed E-state index contributed by atoms with van der Waals surface area (Å²) in [5.41, 5.74) is 1.28. The Morgan fingerprint density at radius 3 is 2.27 bits per heavy atom. The lowest BCUT2D eigenvalue weighted by atomic mass is 9.98. The van der Waals surface area contributed by atoms with E-state index in [1.54, 1.807) is 24.3 Å². The highest BCUT2D eigenvalue weighted by atomic mass is 19.1. The van der Waals surface area contributed by atoms with Crippen molar-refractivity contribution in [1.29, 1.82) is 0 Å². The molecule has 26 heavy (non-hydrogen) atoms. The van der Waals surface area contributed by atoms with E-state index >= 15 is 0 Å². The fourth-order valence-electron chi connectivity index (χ4n) is 2.70. The molecule has 0 saturated carbocycles. The van der Waals surface area contributed by atoms with Crippen LogP contribution in [0.1, 0.15) is 42.9 Å². The molecule has 2 rings (SSSR count). The van der Waals surface area contributed by atoms with Crippen molar-refractivity contribution >= 4 is 11.9 Å². The molecule has 4 nitrogen and oxygen atoms in total. The zero-order valence-electron chi connectivity index (χ0n) is 14.3. The minimum atomic E-state index is -0.894. The van der Waals surface area contributed by atoms with Crippen LogP contribution in [0.5, 0.6) is 0 Å².